The van der Waals surface area contributed by atoms with Crippen LogP contribution in [0.1, 0.15) is 24.3 Å². The van der Waals surface area contributed by atoms with Gasteiger partial charge in [-0.05, 0) is 53.9 Å². The Morgan fingerprint density at radius 2 is 1.70 bits per heavy atom. The molecule has 172 valence electrons. The summed E-state index contributed by atoms with van der Waals surface area (Å²) in [6, 6.07) is 12.3. The van der Waals surface area contributed by atoms with Crippen molar-refractivity contribution in [1.29, 1.82) is 0 Å². The van der Waals surface area contributed by atoms with Crippen LogP contribution in [0.25, 0.3) is 11.3 Å². The summed E-state index contributed by atoms with van der Waals surface area (Å²) in [4.78, 5) is 38.8. The number of rotatable bonds is 7. The Labute approximate surface area is 194 Å². The first-order chi connectivity index (χ1) is 15.6. The van der Waals surface area contributed by atoms with Gasteiger partial charge in [0.25, 0.3) is 5.91 Å². The fourth-order valence-corrected chi connectivity index (χ4v) is 3.20. The molecular formula is C23H22ClFN4O4. The number of carbonyl (C=O) groups excluding carboxylic acids is 2. The standard InChI is InChI=1S/C23H22ClFN4O4/c1-12(2)20(22(31)32)29-21(30)19-10-9-17(27-19)13-3-6-15(7-4-13)26-23(33)28-18-8-5-14(24)11-16(18)25/h3-12,20,27H,1-2H3,(H,29,30)(H,31,32)(H2,26,28,33). The average Bonchev–Trinajstić information content (AvgIpc) is 3.24. The highest BCUT2D eigenvalue weighted by Crippen LogP contribution is 2.22. The molecule has 0 saturated heterocycles. The number of aromatic nitrogens is 1. The number of carboxylic acids is 1. The van der Waals surface area contributed by atoms with Crippen LogP contribution in [-0.2, 0) is 4.79 Å². The summed E-state index contributed by atoms with van der Waals surface area (Å²) in [6.45, 7) is 3.42. The van der Waals surface area contributed by atoms with E-state index in [-0.39, 0.29) is 22.3 Å². The Kier molecular flexibility index (Phi) is 7.34. The molecule has 3 aromatic rings. The van der Waals surface area contributed by atoms with Crippen molar-refractivity contribution in [2.24, 2.45) is 5.92 Å². The van der Waals surface area contributed by atoms with Crippen molar-refractivity contribution in [2.75, 3.05) is 10.6 Å². The molecule has 5 N–H and O–H groups in total. The molecule has 0 aliphatic heterocycles. The van der Waals surface area contributed by atoms with Crippen molar-refractivity contribution in [1.82, 2.24) is 10.3 Å². The molecule has 0 saturated carbocycles. The van der Waals surface area contributed by atoms with Crippen molar-refractivity contribution >= 4 is 40.9 Å². The van der Waals surface area contributed by atoms with Crippen LogP contribution >= 0.6 is 11.6 Å². The van der Waals surface area contributed by atoms with E-state index >= 15 is 0 Å². The maximum absolute atomic E-state index is 13.8. The van der Waals surface area contributed by atoms with Gasteiger partial charge in [-0.15, -0.1) is 0 Å². The van der Waals surface area contributed by atoms with E-state index < -0.39 is 29.8 Å². The van der Waals surface area contributed by atoms with Gasteiger partial charge in [-0.3, -0.25) is 4.79 Å². The van der Waals surface area contributed by atoms with Gasteiger partial charge in [-0.25, -0.2) is 14.0 Å². The van der Waals surface area contributed by atoms with E-state index in [2.05, 4.69) is 20.9 Å². The van der Waals surface area contributed by atoms with E-state index in [0.29, 0.717) is 11.4 Å². The molecule has 1 atom stereocenters. The van der Waals surface area contributed by atoms with Gasteiger partial charge in [0.15, 0.2) is 0 Å². The molecule has 10 heteroatoms. The number of urea groups is 1. The molecule has 2 aromatic carbocycles. The van der Waals surface area contributed by atoms with Gasteiger partial charge in [0, 0.05) is 16.4 Å². The quantitative estimate of drug-likeness (QED) is 0.333. The molecule has 0 aliphatic rings. The predicted octanol–water partition coefficient (Wildman–Crippen LogP) is 4.96. The summed E-state index contributed by atoms with van der Waals surface area (Å²) in [6.07, 6.45) is 0. The number of H-pyrrole nitrogens is 1. The highest BCUT2D eigenvalue weighted by Gasteiger charge is 2.24. The molecule has 0 fully saturated rings. The second kappa shape index (κ2) is 10.2. The lowest BCUT2D eigenvalue weighted by Gasteiger charge is -2.17. The van der Waals surface area contributed by atoms with Gasteiger partial charge in [0.1, 0.15) is 17.6 Å². The number of hydrogen-bond acceptors (Lipinski definition) is 3. The minimum Gasteiger partial charge on any atom is -0.480 e. The van der Waals surface area contributed by atoms with Crippen LogP contribution in [0.4, 0.5) is 20.6 Å². The molecule has 0 bridgehead atoms. The number of nitrogens with one attached hydrogen (secondary N) is 4. The van der Waals surface area contributed by atoms with Gasteiger partial charge >= 0.3 is 12.0 Å². The van der Waals surface area contributed by atoms with Crippen LogP contribution in [-0.4, -0.2) is 34.0 Å². The SMILES string of the molecule is CC(C)C(NC(=O)c1ccc(-c2ccc(NC(=O)Nc3ccc(Cl)cc3F)cc2)[nH]1)C(=O)O. The normalized spacial score (nSPS) is 11.7. The van der Waals surface area contributed by atoms with Crippen molar-refractivity contribution in [2.45, 2.75) is 19.9 Å². The third-order valence-corrected chi connectivity index (χ3v) is 5.02. The molecule has 33 heavy (non-hydrogen) atoms. The molecule has 1 heterocycles. The second-order valence-electron chi connectivity index (χ2n) is 7.60. The number of anilines is 2. The molecule has 3 rings (SSSR count). The highest BCUT2D eigenvalue weighted by molar-refractivity contribution is 6.30. The van der Waals surface area contributed by atoms with Crippen molar-refractivity contribution in [3.63, 3.8) is 0 Å². The fourth-order valence-electron chi connectivity index (χ4n) is 3.04. The van der Waals surface area contributed by atoms with E-state index in [1.165, 1.54) is 12.1 Å². The number of benzene rings is 2. The molecule has 3 amide bonds. The molecule has 1 unspecified atom stereocenters. The maximum atomic E-state index is 13.8. The largest absolute Gasteiger partial charge is 0.480 e. The Balaban J connectivity index is 1.63. The van der Waals surface area contributed by atoms with Crippen molar-refractivity contribution < 1.29 is 23.9 Å². The zero-order valence-corrected chi connectivity index (χ0v) is 18.5. The summed E-state index contributed by atoms with van der Waals surface area (Å²) >= 11 is 5.70. The van der Waals surface area contributed by atoms with E-state index in [4.69, 9.17) is 11.6 Å². The topological polar surface area (TPSA) is 123 Å². The van der Waals surface area contributed by atoms with Gasteiger partial charge in [-0.2, -0.15) is 0 Å². The first kappa shape index (κ1) is 23.8. The Morgan fingerprint density at radius 3 is 2.30 bits per heavy atom. The minimum atomic E-state index is -1.10. The van der Waals surface area contributed by atoms with Crippen molar-refractivity contribution in [3.8, 4) is 11.3 Å². The molecule has 1 aromatic heterocycles. The van der Waals surface area contributed by atoms with Crippen LogP contribution in [0, 0.1) is 11.7 Å². The number of amides is 3. The van der Waals surface area contributed by atoms with Crippen LogP contribution in [0.5, 0.6) is 0 Å². The molecule has 0 radical (unpaired) electrons. The number of aliphatic carboxylic acids is 1. The van der Waals surface area contributed by atoms with E-state index in [1.54, 1.807) is 50.2 Å². The minimum absolute atomic E-state index is 0.00619. The zero-order chi connectivity index (χ0) is 24.1. The number of halogens is 2. The summed E-state index contributed by atoms with van der Waals surface area (Å²) in [5.74, 6) is -2.54. The number of carbonyl (C=O) groups is 3. The second-order valence-corrected chi connectivity index (χ2v) is 8.04. The Morgan fingerprint density at radius 1 is 1.00 bits per heavy atom. The van der Waals surface area contributed by atoms with Crippen molar-refractivity contribution in [3.05, 3.63) is 71.1 Å². The van der Waals surface area contributed by atoms with E-state index in [9.17, 15) is 23.9 Å². The number of carboxylic acid groups (broad SMARTS) is 1. The van der Waals surface area contributed by atoms with Crippen LogP contribution in [0.2, 0.25) is 5.02 Å². The van der Waals surface area contributed by atoms with Gasteiger partial charge in [-0.1, -0.05) is 37.6 Å². The van der Waals surface area contributed by atoms with Crippen LogP contribution in [0.15, 0.2) is 54.6 Å². The lowest BCUT2D eigenvalue weighted by molar-refractivity contribution is -0.140. The fraction of sp³-hybridized carbons (Fsp3) is 0.174. The maximum Gasteiger partial charge on any atom is 0.326 e. The monoisotopic (exact) mass is 472 g/mol. The first-order valence-electron chi connectivity index (χ1n) is 10.00. The van der Waals surface area contributed by atoms with Crippen LogP contribution < -0.4 is 16.0 Å². The smallest absolute Gasteiger partial charge is 0.326 e. The molecule has 0 spiro atoms. The summed E-state index contributed by atoms with van der Waals surface area (Å²) in [5, 5.41) is 17.0. The Hall–Kier alpha value is -3.85. The average molecular weight is 473 g/mol. The van der Waals surface area contributed by atoms with Gasteiger partial charge in [0.2, 0.25) is 0 Å². The van der Waals surface area contributed by atoms with E-state index in [0.717, 1.165) is 11.6 Å². The summed E-state index contributed by atoms with van der Waals surface area (Å²) in [5.41, 5.74) is 2.06. The third kappa shape index (κ3) is 6.11. The van der Waals surface area contributed by atoms with E-state index in [1.807, 2.05) is 0 Å². The number of hydrogen-bond donors (Lipinski definition) is 5. The predicted molar refractivity (Wildman–Crippen MR) is 124 cm³/mol. The summed E-state index contributed by atoms with van der Waals surface area (Å²) in [7, 11) is 0. The lowest BCUT2D eigenvalue weighted by atomic mass is 10.0. The van der Waals surface area contributed by atoms with Crippen LogP contribution in [0.3, 0.4) is 0 Å². The lowest BCUT2D eigenvalue weighted by Crippen LogP contribution is -2.44. The first-order valence-corrected chi connectivity index (χ1v) is 10.4. The molecule has 8 nitrogen and oxygen atoms in total. The van der Waals surface area contributed by atoms with Gasteiger partial charge in [0.05, 0.1) is 5.69 Å². The highest BCUT2D eigenvalue weighted by atomic mass is 35.5. The zero-order valence-electron chi connectivity index (χ0n) is 17.8. The summed E-state index contributed by atoms with van der Waals surface area (Å²) < 4.78 is 13.8. The Bertz CT molecular complexity index is 1180. The molecular weight excluding hydrogens is 451 g/mol. The third-order valence-electron chi connectivity index (χ3n) is 4.78. The number of aromatic amines is 1. The van der Waals surface area contributed by atoms with Gasteiger partial charge < -0.3 is 26.0 Å². The molecule has 0 aliphatic carbocycles.